The predicted octanol–water partition coefficient (Wildman–Crippen LogP) is 3.55. The summed E-state index contributed by atoms with van der Waals surface area (Å²) in [4.78, 5) is 14.3. The van der Waals surface area contributed by atoms with Crippen LogP contribution >= 0.6 is 0 Å². The molecule has 0 saturated carbocycles. The van der Waals surface area contributed by atoms with Crippen LogP contribution in [0.3, 0.4) is 0 Å². The first-order valence-electron chi connectivity index (χ1n) is 9.44. The Kier molecular flexibility index (Phi) is 6.11. The van der Waals surface area contributed by atoms with E-state index >= 15 is 0 Å². The summed E-state index contributed by atoms with van der Waals surface area (Å²) in [5.74, 6) is 1.75. The second-order valence-corrected chi connectivity index (χ2v) is 7.33. The Labute approximate surface area is 169 Å². The van der Waals surface area contributed by atoms with Gasteiger partial charge in [-0.1, -0.05) is 24.3 Å². The van der Waals surface area contributed by atoms with Crippen LogP contribution < -0.4 is 14.8 Å². The Morgan fingerprint density at radius 3 is 2.34 bits per heavy atom. The second-order valence-electron chi connectivity index (χ2n) is 7.33. The monoisotopic (exact) mass is 395 g/mol. The molecule has 152 valence electrons. The van der Waals surface area contributed by atoms with E-state index in [9.17, 15) is 4.79 Å². The number of benzene rings is 2. The molecular weight excluding hydrogens is 370 g/mol. The predicted molar refractivity (Wildman–Crippen MR) is 108 cm³/mol. The molecule has 0 aliphatic rings. The van der Waals surface area contributed by atoms with Crippen molar-refractivity contribution in [1.82, 2.24) is 25.5 Å². The number of ether oxygens (including phenoxy) is 2. The van der Waals surface area contributed by atoms with Crippen LogP contribution in [0.1, 0.15) is 43.9 Å². The molecule has 0 spiro atoms. The van der Waals surface area contributed by atoms with E-state index in [1.165, 1.54) is 4.80 Å². The van der Waals surface area contributed by atoms with Crippen molar-refractivity contribution in [3.8, 4) is 17.2 Å². The maximum atomic E-state index is 12.7. The number of nitrogens with zero attached hydrogens (tertiary/aromatic N) is 4. The number of carbonyl (C=O) groups excluding carboxylic acids is 1. The standard InChI is InChI=1S/C21H25N5O3/c1-5-28-17-12-8-9-13-18(17)29-16-11-7-6-10-15(16)20(27)22-14-19-23-25-26(24-19)21(2,3)4/h6-13H,5,14H2,1-4H3,(H,22,27). The molecule has 29 heavy (non-hydrogen) atoms. The molecular formula is C21H25N5O3. The highest BCUT2D eigenvalue weighted by Gasteiger charge is 2.18. The molecule has 3 aromatic rings. The summed E-state index contributed by atoms with van der Waals surface area (Å²) in [6.45, 7) is 8.52. The molecule has 0 radical (unpaired) electrons. The third-order valence-corrected chi connectivity index (χ3v) is 3.96. The fraction of sp³-hybridized carbons (Fsp3) is 0.333. The lowest BCUT2D eigenvalue weighted by molar-refractivity contribution is 0.0947. The maximum Gasteiger partial charge on any atom is 0.255 e. The summed E-state index contributed by atoms with van der Waals surface area (Å²) in [6.07, 6.45) is 0. The van der Waals surface area contributed by atoms with E-state index in [1.807, 2.05) is 52.0 Å². The second kappa shape index (κ2) is 8.72. The Morgan fingerprint density at radius 1 is 1.03 bits per heavy atom. The number of hydrogen-bond acceptors (Lipinski definition) is 6. The van der Waals surface area contributed by atoms with Crippen LogP contribution in [0, 0.1) is 0 Å². The fourth-order valence-corrected chi connectivity index (χ4v) is 2.52. The zero-order valence-corrected chi connectivity index (χ0v) is 17.0. The van der Waals surface area contributed by atoms with Gasteiger partial charge in [0.1, 0.15) is 5.75 Å². The molecule has 8 nitrogen and oxygen atoms in total. The Balaban J connectivity index is 1.73. The van der Waals surface area contributed by atoms with E-state index < -0.39 is 0 Å². The molecule has 8 heteroatoms. The van der Waals surface area contributed by atoms with Gasteiger partial charge in [-0.15, -0.1) is 10.2 Å². The van der Waals surface area contributed by atoms with Crippen LogP contribution in [-0.4, -0.2) is 32.7 Å². The van der Waals surface area contributed by atoms with Crippen molar-refractivity contribution in [3.63, 3.8) is 0 Å². The topological polar surface area (TPSA) is 91.2 Å². The van der Waals surface area contributed by atoms with E-state index in [2.05, 4.69) is 20.7 Å². The van der Waals surface area contributed by atoms with Crippen molar-refractivity contribution < 1.29 is 14.3 Å². The molecule has 2 aromatic carbocycles. The van der Waals surface area contributed by atoms with Crippen molar-refractivity contribution in [2.24, 2.45) is 0 Å². The van der Waals surface area contributed by atoms with E-state index in [1.54, 1.807) is 24.3 Å². The molecule has 1 heterocycles. The molecule has 0 saturated heterocycles. The van der Waals surface area contributed by atoms with Gasteiger partial charge in [0.25, 0.3) is 5.91 Å². The lowest BCUT2D eigenvalue weighted by Crippen LogP contribution is -2.26. The molecule has 0 unspecified atom stereocenters. The van der Waals surface area contributed by atoms with Crippen LogP contribution in [0.25, 0.3) is 0 Å². The van der Waals surface area contributed by atoms with Crippen molar-refractivity contribution >= 4 is 5.91 Å². The smallest absolute Gasteiger partial charge is 0.255 e. The number of rotatable bonds is 7. The average molecular weight is 395 g/mol. The lowest BCUT2D eigenvalue weighted by Gasteiger charge is -2.15. The lowest BCUT2D eigenvalue weighted by atomic mass is 10.1. The third-order valence-electron chi connectivity index (χ3n) is 3.96. The van der Waals surface area contributed by atoms with Crippen LogP contribution in [0.15, 0.2) is 48.5 Å². The number of amides is 1. The summed E-state index contributed by atoms with van der Waals surface area (Å²) >= 11 is 0. The number of carbonyl (C=O) groups is 1. The van der Waals surface area contributed by atoms with Gasteiger partial charge in [-0.2, -0.15) is 4.80 Å². The number of para-hydroxylation sites is 3. The molecule has 1 N–H and O–H groups in total. The molecule has 1 aromatic heterocycles. The maximum absolute atomic E-state index is 12.7. The van der Waals surface area contributed by atoms with Crippen molar-refractivity contribution in [1.29, 1.82) is 0 Å². The highest BCUT2D eigenvalue weighted by Crippen LogP contribution is 2.32. The minimum atomic E-state index is -0.290. The largest absolute Gasteiger partial charge is 0.490 e. The molecule has 0 bridgehead atoms. The molecule has 0 atom stereocenters. The highest BCUT2D eigenvalue weighted by atomic mass is 16.5. The first-order chi connectivity index (χ1) is 13.9. The number of nitrogens with one attached hydrogen (secondary N) is 1. The van der Waals surface area contributed by atoms with Crippen molar-refractivity contribution in [2.75, 3.05) is 6.61 Å². The Bertz CT molecular complexity index is 978. The van der Waals surface area contributed by atoms with Gasteiger partial charge in [-0.05, 0) is 57.2 Å². The average Bonchev–Trinajstić information content (AvgIpc) is 3.18. The summed E-state index contributed by atoms with van der Waals surface area (Å²) in [7, 11) is 0. The zero-order valence-electron chi connectivity index (χ0n) is 17.0. The van der Waals surface area contributed by atoms with Crippen LogP contribution in [0.2, 0.25) is 0 Å². The van der Waals surface area contributed by atoms with Gasteiger partial charge in [0.15, 0.2) is 17.3 Å². The minimum Gasteiger partial charge on any atom is -0.490 e. The van der Waals surface area contributed by atoms with Gasteiger partial charge in [0.05, 0.1) is 24.3 Å². The zero-order chi connectivity index (χ0) is 20.9. The molecule has 0 fully saturated rings. The van der Waals surface area contributed by atoms with Gasteiger partial charge in [-0.3, -0.25) is 4.79 Å². The number of tetrazole rings is 1. The Morgan fingerprint density at radius 2 is 1.69 bits per heavy atom. The van der Waals surface area contributed by atoms with Crippen molar-refractivity contribution in [2.45, 2.75) is 39.8 Å². The highest BCUT2D eigenvalue weighted by molar-refractivity contribution is 5.96. The molecule has 0 aliphatic carbocycles. The minimum absolute atomic E-state index is 0.165. The third kappa shape index (κ3) is 5.10. The van der Waals surface area contributed by atoms with Gasteiger partial charge in [0, 0.05) is 0 Å². The molecule has 0 aliphatic heterocycles. The van der Waals surface area contributed by atoms with E-state index in [-0.39, 0.29) is 18.0 Å². The normalized spacial score (nSPS) is 11.2. The Hall–Kier alpha value is -3.42. The summed E-state index contributed by atoms with van der Waals surface area (Å²) in [5, 5.41) is 15.1. The van der Waals surface area contributed by atoms with Crippen LogP contribution in [0.5, 0.6) is 17.2 Å². The van der Waals surface area contributed by atoms with Crippen LogP contribution in [-0.2, 0) is 12.1 Å². The van der Waals surface area contributed by atoms with Gasteiger partial charge in [-0.25, -0.2) is 0 Å². The van der Waals surface area contributed by atoms with E-state index in [0.29, 0.717) is 35.2 Å². The van der Waals surface area contributed by atoms with Gasteiger partial charge >= 0.3 is 0 Å². The van der Waals surface area contributed by atoms with Crippen molar-refractivity contribution in [3.05, 3.63) is 59.9 Å². The van der Waals surface area contributed by atoms with E-state index in [4.69, 9.17) is 9.47 Å². The molecule has 3 rings (SSSR count). The number of hydrogen-bond donors (Lipinski definition) is 1. The quantitative estimate of drug-likeness (QED) is 0.658. The number of aromatic nitrogens is 4. The summed E-state index contributed by atoms with van der Waals surface area (Å²) in [5.41, 5.74) is 0.130. The first-order valence-corrected chi connectivity index (χ1v) is 9.44. The fourth-order valence-electron chi connectivity index (χ4n) is 2.52. The summed E-state index contributed by atoms with van der Waals surface area (Å²) < 4.78 is 11.6. The first kappa shape index (κ1) is 20.3. The SMILES string of the molecule is CCOc1ccccc1Oc1ccccc1C(=O)NCc1nnn(C(C)(C)C)n1. The van der Waals surface area contributed by atoms with Crippen LogP contribution in [0.4, 0.5) is 0 Å². The summed E-state index contributed by atoms with van der Waals surface area (Å²) in [6, 6.07) is 14.4. The molecule has 1 amide bonds. The van der Waals surface area contributed by atoms with Gasteiger partial charge < -0.3 is 14.8 Å². The van der Waals surface area contributed by atoms with Gasteiger partial charge in [0.2, 0.25) is 0 Å². The van der Waals surface area contributed by atoms with E-state index in [0.717, 1.165) is 0 Å².